The molecule has 6 nitrogen and oxygen atoms in total. The summed E-state index contributed by atoms with van der Waals surface area (Å²) in [5, 5.41) is 4.01. The molecule has 0 unspecified atom stereocenters. The van der Waals surface area contributed by atoms with Gasteiger partial charge in [0.25, 0.3) is 5.91 Å². The zero-order valence-electron chi connectivity index (χ0n) is 18.7. The van der Waals surface area contributed by atoms with Crippen molar-refractivity contribution >= 4 is 27.8 Å². The highest BCUT2D eigenvalue weighted by Crippen LogP contribution is 2.23. The Balaban J connectivity index is 1.70. The third kappa shape index (κ3) is 6.04. The van der Waals surface area contributed by atoms with E-state index in [1.54, 1.807) is 36.5 Å². The summed E-state index contributed by atoms with van der Waals surface area (Å²) in [6.45, 7) is 6.10. The lowest BCUT2D eigenvalue weighted by molar-refractivity contribution is 0.0955. The van der Waals surface area contributed by atoms with Crippen molar-refractivity contribution in [3.8, 4) is 0 Å². The Labute approximate surface area is 189 Å². The van der Waals surface area contributed by atoms with Crippen molar-refractivity contribution < 1.29 is 13.2 Å². The summed E-state index contributed by atoms with van der Waals surface area (Å²) in [7, 11) is -3.48. The number of hydrogen-bond acceptors (Lipinski definition) is 4. The van der Waals surface area contributed by atoms with E-state index in [9.17, 15) is 13.2 Å². The van der Waals surface area contributed by atoms with Crippen molar-refractivity contribution in [3.63, 3.8) is 0 Å². The Morgan fingerprint density at radius 1 is 0.969 bits per heavy atom. The zero-order chi connectivity index (χ0) is 23.3. The van der Waals surface area contributed by atoms with Gasteiger partial charge in [-0.1, -0.05) is 48.0 Å². The third-order valence-electron chi connectivity index (χ3n) is 5.14. The second-order valence-electron chi connectivity index (χ2n) is 7.85. The van der Waals surface area contributed by atoms with Crippen LogP contribution in [0.3, 0.4) is 0 Å². The molecule has 7 heteroatoms. The van der Waals surface area contributed by atoms with Crippen LogP contribution in [-0.2, 0) is 16.6 Å². The van der Waals surface area contributed by atoms with Crippen molar-refractivity contribution in [1.29, 1.82) is 0 Å². The van der Waals surface area contributed by atoms with Crippen LogP contribution in [0, 0.1) is 20.8 Å². The molecule has 3 aromatic carbocycles. The number of hydrazone groups is 1. The van der Waals surface area contributed by atoms with Gasteiger partial charge in [-0.2, -0.15) is 5.10 Å². The molecule has 0 fully saturated rings. The van der Waals surface area contributed by atoms with Gasteiger partial charge in [0.1, 0.15) is 0 Å². The van der Waals surface area contributed by atoms with Crippen molar-refractivity contribution in [3.05, 3.63) is 100 Å². The summed E-state index contributed by atoms with van der Waals surface area (Å²) in [5.41, 5.74) is 8.47. The van der Waals surface area contributed by atoms with Gasteiger partial charge in [0, 0.05) is 5.56 Å². The van der Waals surface area contributed by atoms with E-state index in [2.05, 4.69) is 10.5 Å². The maximum atomic E-state index is 12.4. The highest BCUT2D eigenvalue weighted by Gasteiger charge is 2.18. The van der Waals surface area contributed by atoms with Crippen LogP contribution in [0.1, 0.15) is 38.2 Å². The first-order chi connectivity index (χ1) is 15.1. The Kier molecular flexibility index (Phi) is 7.10. The number of nitrogens with zero attached hydrogens (tertiary/aromatic N) is 2. The lowest BCUT2D eigenvalue weighted by atomic mass is 10.1. The second kappa shape index (κ2) is 9.78. The summed E-state index contributed by atoms with van der Waals surface area (Å²) in [6, 6.07) is 20.2. The minimum atomic E-state index is -3.48. The van der Waals surface area contributed by atoms with Gasteiger partial charge in [0.2, 0.25) is 10.0 Å². The van der Waals surface area contributed by atoms with E-state index in [0.29, 0.717) is 11.3 Å². The number of anilines is 1. The number of carbonyl (C=O) groups is 1. The Morgan fingerprint density at radius 3 is 2.31 bits per heavy atom. The average molecular weight is 450 g/mol. The van der Waals surface area contributed by atoms with Crippen molar-refractivity contribution in [2.24, 2.45) is 5.10 Å². The monoisotopic (exact) mass is 449 g/mol. The van der Waals surface area contributed by atoms with Gasteiger partial charge in [0.05, 0.1) is 24.7 Å². The zero-order valence-corrected chi connectivity index (χ0v) is 19.5. The van der Waals surface area contributed by atoms with E-state index in [1.807, 2.05) is 57.2 Å². The fraction of sp³-hybridized carbons (Fsp3) is 0.200. The van der Waals surface area contributed by atoms with Crippen LogP contribution >= 0.6 is 0 Å². The average Bonchev–Trinajstić information content (AvgIpc) is 2.74. The first-order valence-electron chi connectivity index (χ1n) is 10.2. The van der Waals surface area contributed by atoms with Crippen molar-refractivity contribution in [2.45, 2.75) is 27.3 Å². The van der Waals surface area contributed by atoms with E-state index < -0.39 is 10.0 Å². The molecule has 0 aromatic heterocycles. The summed E-state index contributed by atoms with van der Waals surface area (Å²) in [5.74, 6) is -0.338. The third-order valence-corrected chi connectivity index (χ3v) is 6.28. The van der Waals surface area contributed by atoms with Gasteiger partial charge in [0.15, 0.2) is 0 Å². The van der Waals surface area contributed by atoms with Gasteiger partial charge in [-0.25, -0.2) is 13.8 Å². The number of sulfonamides is 1. The molecule has 0 atom stereocenters. The summed E-state index contributed by atoms with van der Waals surface area (Å²) in [4.78, 5) is 12.4. The SMILES string of the molecule is Cc1cccc(/C=N\NC(=O)c2ccc(CN(c3ccc(C)c(C)c3)S(C)(=O)=O)cc2)c1. The number of nitrogens with one attached hydrogen (secondary N) is 1. The largest absolute Gasteiger partial charge is 0.271 e. The van der Waals surface area contributed by atoms with Crippen molar-refractivity contribution in [2.75, 3.05) is 10.6 Å². The summed E-state index contributed by atoms with van der Waals surface area (Å²) in [6.07, 6.45) is 2.78. The Hall–Kier alpha value is -3.45. The molecule has 3 rings (SSSR count). The van der Waals surface area contributed by atoms with Gasteiger partial charge in [-0.05, 0) is 67.3 Å². The molecule has 166 valence electrons. The lowest BCUT2D eigenvalue weighted by Crippen LogP contribution is -2.29. The molecular formula is C25H27N3O3S. The lowest BCUT2D eigenvalue weighted by Gasteiger charge is -2.23. The molecule has 0 saturated carbocycles. The summed E-state index contributed by atoms with van der Waals surface area (Å²) < 4.78 is 26.2. The smallest absolute Gasteiger partial charge is 0.267 e. The number of amides is 1. The standard InChI is InChI=1S/C25H27N3O3S/c1-18-6-5-7-22(14-18)16-26-27-25(29)23-11-9-21(10-12-23)17-28(32(4,30)31)24-13-8-19(2)20(3)15-24/h5-16H,17H2,1-4H3,(H,27,29)/b26-16-. The van der Waals surface area contributed by atoms with Crippen LogP contribution in [0.2, 0.25) is 0 Å². The van der Waals surface area contributed by atoms with Gasteiger partial charge < -0.3 is 0 Å². The second-order valence-corrected chi connectivity index (χ2v) is 9.76. The normalized spacial score (nSPS) is 11.5. The minimum Gasteiger partial charge on any atom is -0.267 e. The van der Waals surface area contributed by atoms with Crippen LogP contribution in [0.25, 0.3) is 0 Å². The minimum absolute atomic E-state index is 0.175. The molecule has 3 aromatic rings. The summed E-state index contributed by atoms with van der Waals surface area (Å²) >= 11 is 0. The molecule has 0 heterocycles. The molecule has 0 aliphatic rings. The van der Waals surface area contributed by atoms with Crippen LogP contribution in [0.4, 0.5) is 5.69 Å². The molecule has 0 aliphatic heterocycles. The number of rotatable bonds is 7. The topological polar surface area (TPSA) is 78.8 Å². The van der Waals surface area contributed by atoms with Crippen LogP contribution < -0.4 is 9.73 Å². The highest BCUT2D eigenvalue weighted by molar-refractivity contribution is 7.92. The van der Waals surface area contributed by atoms with Crippen molar-refractivity contribution in [1.82, 2.24) is 5.43 Å². The van der Waals surface area contributed by atoms with Crippen LogP contribution in [-0.4, -0.2) is 26.8 Å². The molecule has 0 radical (unpaired) electrons. The molecule has 0 saturated heterocycles. The molecular weight excluding hydrogens is 422 g/mol. The van der Waals surface area contributed by atoms with E-state index in [-0.39, 0.29) is 12.5 Å². The predicted octanol–water partition coefficient (Wildman–Crippen LogP) is 4.34. The van der Waals surface area contributed by atoms with E-state index in [4.69, 9.17) is 0 Å². The molecule has 32 heavy (non-hydrogen) atoms. The molecule has 0 spiro atoms. The quantitative estimate of drug-likeness (QED) is 0.430. The van der Waals surface area contributed by atoms with E-state index in [1.165, 1.54) is 10.6 Å². The fourth-order valence-electron chi connectivity index (χ4n) is 3.19. The molecule has 0 bridgehead atoms. The Bertz CT molecular complexity index is 1250. The van der Waals surface area contributed by atoms with Crippen LogP contribution in [0.15, 0.2) is 71.8 Å². The first kappa shape index (κ1) is 23.2. The van der Waals surface area contributed by atoms with Gasteiger partial charge in [-0.3, -0.25) is 9.10 Å². The maximum Gasteiger partial charge on any atom is 0.271 e. The maximum absolute atomic E-state index is 12.4. The fourth-order valence-corrected chi connectivity index (χ4v) is 4.07. The predicted molar refractivity (Wildman–Crippen MR) is 130 cm³/mol. The molecule has 0 aliphatic carbocycles. The molecule has 1 amide bonds. The first-order valence-corrected chi connectivity index (χ1v) is 12.0. The number of carbonyl (C=O) groups excluding carboxylic acids is 1. The Morgan fingerprint density at radius 2 is 1.69 bits per heavy atom. The van der Waals surface area contributed by atoms with Gasteiger partial charge >= 0.3 is 0 Å². The number of aryl methyl sites for hydroxylation is 3. The molecule has 1 N–H and O–H groups in total. The van der Waals surface area contributed by atoms with E-state index >= 15 is 0 Å². The number of hydrogen-bond donors (Lipinski definition) is 1. The highest BCUT2D eigenvalue weighted by atomic mass is 32.2. The van der Waals surface area contributed by atoms with Gasteiger partial charge in [-0.15, -0.1) is 0 Å². The number of benzene rings is 3. The van der Waals surface area contributed by atoms with Crippen LogP contribution in [0.5, 0.6) is 0 Å². The van der Waals surface area contributed by atoms with E-state index in [0.717, 1.165) is 27.8 Å².